The van der Waals surface area contributed by atoms with E-state index in [1.54, 1.807) is 74.5 Å². The van der Waals surface area contributed by atoms with Crippen LogP contribution in [0, 0.1) is 0 Å². The molecular formula is C35H31BF2N2O8. The van der Waals surface area contributed by atoms with Crippen LogP contribution in [0.1, 0.15) is 55.0 Å². The Labute approximate surface area is 274 Å². The minimum atomic E-state index is -4.97. The summed E-state index contributed by atoms with van der Waals surface area (Å²) in [6.07, 6.45) is 5.49. The molecule has 2 aliphatic rings. The molecule has 0 unspecified atom stereocenters. The predicted octanol–water partition coefficient (Wildman–Crippen LogP) is 6.00. The average Bonchev–Trinajstić information content (AvgIpc) is 3.56. The number of aromatic nitrogens is 1. The molecule has 0 atom stereocenters. The van der Waals surface area contributed by atoms with Gasteiger partial charge in [0.2, 0.25) is 0 Å². The summed E-state index contributed by atoms with van der Waals surface area (Å²) in [5, 5.41) is 0. The number of carbonyl (C=O) groups excluding carboxylic acids is 4. The molecule has 0 radical (unpaired) electrons. The fourth-order valence-corrected chi connectivity index (χ4v) is 5.78. The van der Waals surface area contributed by atoms with E-state index in [0.717, 1.165) is 38.5 Å². The van der Waals surface area contributed by atoms with Gasteiger partial charge in [-0.05, 0) is 31.1 Å². The average molecular weight is 656 g/mol. The first-order chi connectivity index (χ1) is 23.0. The lowest BCUT2D eigenvalue weighted by Crippen LogP contribution is -2.51. The number of benzene rings is 2. The Hall–Kier alpha value is -5.85. The standard InChI is InChI=1S/C35H31BF2N2O8/c1-5-45-34(43)32-26(17-19-47-22(3)41)39-28(30(32)24-13-9-7-10-14-24)21-29-31(25-15-11-8-12-16-25)33(35(44)46-6-2)27(18-20-48-23(4)42)40(29)36(39,37)38/h7-21H,5-6H2,1-4H3/b19-17+,20-18+. The van der Waals surface area contributed by atoms with Crippen LogP contribution in [0.5, 0.6) is 0 Å². The number of esters is 4. The van der Waals surface area contributed by atoms with E-state index < -0.39 is 30.8 Å². The predicted molar refractivity (Wildman–Crippen MR) is 174 cm³/mol. The van der Waals surface area contributed by atoms with E-state index in [9.17, 15) is 19.2 Å². The van der Waals surface area contributed by atoms with Gasteiger partial charge in [0, 0.05) is 43.0 Å². The van der Waals surface area contributed by atoms with Gasteiger partial charge in [-0.3, -0.25) is 9.59 Å². The van der Waals surface area contributed by atoms with Crippen LogP contribution in [0.15, 0.2) is 90.5 Å². The minimum Gasteiger partial charge on any atom is -0.462 e. The van der Waals surface area contributed by atoms with E-state index in [-0.39, 0.29) is 58.3 Å². The van der Waals surface area contributed by atoms with Crippen LogP contribution < -0.4 is 0 Å². The number of allylic oxidation sites excluding steroid dienone is 2. The van der Waals surface area contributed by atoms with Gasteiger partial charge in [0.05, 0.1) is 30.6 Å². The van der Waals surface area contributed by atoms with Crippen molar-refractivity contribution in [2.45, 2.75) is 27.7 Å². The molecule has 0 saturated carbocycles. The summed E-state index contributed by atoms with van der Waals surface area (Å²) in [5.74, 6) is -3.18. The number of rotatable bonds is 10. The number of halogens is 2. The monoisotopic (exact) mass is 656 g/mol. The smallest absolute Gasteiger partial charge is 0.462 e. The van der Waals surface area contributed by atoms with E-state index >= 15 is 8.63 Å². The van der Waals surface area contributed by atoms with Crippen molar-refractivity contribution >= 4 is 54.3 Å². The van der Waals surface area contributed by atoms with Gasteiger partial charge in [0.25, 0.3) is 0 Å². The summed E-state index contributed by atoms with van der Waals surface area (Å²) in [5.41, 5.74) is 0.0224. The van der Waals surface area contributed by atoms with Crippen molar-refractivity contribution in [2.24, 2.45) is 0 Å². The van der Waals surface area contributed by atoms with E-state index in [1.807, 2.05) is 0 Å². The minimum absolute atomic E-state index is 0.0436. The summed E-state index contributed by atoms with van der Waals surface area (Å²) in [6.45, 7) is 0.402. The maximum atomic E-state index is 17.6. The lowest BCUT2D eigenvalue weighted by Gasteiger charge is -2.31. The van der Waals surface area contributed by atoms with Crippen molar-refractivity contribution < 1.29 is 51.2 Å². The number of nitrogens with zero attached hydrogens (tertiary/aromatic N) is 2. The number of hydrogen-bond donors (Lipinski definition) is 0. The van der Waals surface area contributed by atoms with Crippen LogP contribution >= 0.6 is 0 Å². The second-order valence-electron chi connectivity index (χ2n) is 10.5. The van der Waals surface area contributed by atoms with Crippen molar-refractivity contribution in [1.82, 2.24) is 4.48 Å². The van der Waals surface area contributed by atoms with E-state index in [2.05, 4.69) is 0 Å². The SMILES string of the molecule is CCOC(=O)C1=C(c2ccccc2)C2=Cc3c(-c4ccccc4)c(C(=O)OCC)c(/C=C/OC(C)=O)n3[B-](F)(F)[N+]2=C1/C=C/OC(C)=O. The van der Waals surface area contributed by atoms with Crippen molar-refractivity contribution in [1.29, 1.82) is 0 Å². The first-order valence-corrected chi connectivity index (χ1v) is 15.1. The molecule has 0 bridgehead atoms. The zero-order valence-corrected chi connectivity index (χ0v) is 26.6. The lowest BCUT2D eigenvalue weighted by atomic mass is 9.87. The van der Waals surface area contributed by atoms with Crippen LogP contribution in [0.4, 0.5) is 8.63 Å². The second kappa shape index (κ2) is 13.9. The first kappa shape index (κ1) is 33.5. The van der Waals surface area contributed by atoms with Gasteiger partial charge in [-0.1, -0.05) is 60.7 Å². The maximum absolute atomic E-state index is 17.6. The zero-order chi connectivity index (χ0) is 34.6. The molecule has 1 aromatic heterocycles. The summed E-state index contributed by atoms with van der Waals surface area (Å²) in [4.78, 5) is 50.5. The Kier molecular flexibility index (Phi) is 9.69. The summed E-state index contributed by atoms with van der Waals surface area (Å²) < 4.78 is 57.2. The molecule has 48 heavy (non-hydrogen) atoms. The third-order valence-corrected chi connectivity index (χ3v) is 7.46. The molecule has 5 rings (SSSR count). The number of fused-ring (bicyclic) bond motifs is 2. The molecule has 10 nitrogen and oxygen atoms in total. The molecule has 0 spiro atoms. The number of hydrogen-bond acceptors (Lipinski definition) is 8. The van der Waals surface area contributed by atoms with Gasteiger partial charge in [-0.2, -0.15) is 0 Å². The highest BCUT2D eigenvalue weighted by molar-refractivity contribution is 6.60. The molecule has 246 valence electrons. The van der Waals surface area contributed by atoms with Gasteiger partial charge < -0.3 is 36.5 Å². The fourth-order valence-electron chi connectivity index (χ4n) is 5.78. The van der Waals surface area contributed by atoms with Gasteiger partial charge >= 0.3 is 30.8 Å². The Balaban J connectivity index is 1.97. The van der Waals surface area contributed by atoms with Crippen LogP contribution in [-0.4, -0.2) is 58.7 Å². The summed E-state index contributed by atoms with van der Waals surface area (Å²) in [7, 11) is 0. The van der Waals surface area contributed by atoms with Gasteiger partial charge in [0.1, 0.15) is 11.8 Å². The van der Waals surface area contributed by atoms with Gasteiger partial charge in [-0.15, -0.1) is 0 Å². The Morgan fingerprint density at radius 1 is 0.792 bits per heavy atom. The molecule has 0 saturated heterocycles. The summed E-state index contributed by atoms with van der Waals surface area (Å²) >= 11 is 0. The van der Waals surface area contributed by atoms with Crippen LogP contribution in [0.25, 0.3) is 28.9 Å². The molecule has 3 heterocycles. The highest BCUT2D eigenvalue weighted by atomic mass is 19.2. The molecule has 2 aromatic carbocycles. The van der Waals surface area contributed by atoms with Gasteiger partial charge in [0.15, 0.2) is 11.4 Å². The quantitative estimate of drug-likeness (QED) is 0.113. The lowest BCUT2D eigenvalue weighted by molar-refractivity contribution is -0.358. The Bertz CT molecular complexity index is 1960. The molecule has 0 N–H and O–H groups in total. The van der Waals surface area contributed by atoms with Crippen molar-refractivity contribution in [3.63, 3.8) is 0 Å². The summed E-state index contributed by atoms with van der Waals surface area (Å²) in [6, 6.07) is 16.9. The Morgan fingerprint density at radius 3 is 1.90 bits per heavy atom. The Morgan fingerprint density at radius 2 is 1.33 bits per heavy atom. The van der Waals surface area contributed by atoms with Crippen LogP contribution in [-0.2, 0) is 33.3 Å². The zero-order valence-electron chi connectivity index (χ0n) is 26.6. The van der Waals surface area contributed by atoms with E-state index in [0.29, 0.717) is 20.1 Å². The molecule has 0 amide bonds. The maximum Gasteiger partial charge on any atom is 0.737 e. The first-order valence-electron chi connectivity index (χ1n) is 15.1. The van der Waals surface area contributed by atoms with Crippen molar-refractivity contribution in [2.75, 3.05) is 13.2 Å². The third kappa shape index (κ3) is 6.14. The number of carbonyl (C=O) groups is 4. The highest BCUT2D eigenvalue weighted by Crippen LogP contribution is 2.47. The molecule has 13 heteroatoms. The van der Waals surface area contributed by atoms with Gasteiger partial charge in [-0.25, -0.2) is 9.59 Å². The molecule has 3 aromatic rings. The largest absolute Gasteiger partial charge is 0.737 e. The molecule has 2 aliphatic heterocycles. The molecule has 0 fully saturated rings. The van der Waals surface area contributed by atoms with Crippen molar-refractivity contribution in [3.05, 3.63) is 113 Å². The van der Waals surface area contributed by atoms with E-state index in [4.69, 9.17) is 18.9 Å². The van der Waals surface area contributed by atoms with Crippen LogP contribution in [0.3, 0.4) is 0 Å². The van der Waals surface area contributed by atoms with E-state index in [1.165, 1.54) is 6.08 Å². The topological polar surface area (TPSA) is 113 Å². The highest BCUT2D eigenvalue weighted by Gasteiger charge is 2.58. The fraction of sp³-hybridized carbons (Fsp3) is 0.171. The second-order valence-corrected chi connectivity index (χ2v) is 10.5. The molecule has 0 aliphatic carbocycles. The van der Waals surface area contributed by atoms with Crippen LogP contribution in [0.2, 0.25) is 0 Å². The molecular weight excluding hydrogens is 625 g/mol. The number of ether oxygens (including phenoxy) is 4. The van der Waals surface area contributed by atoms with Crippen molar-refractivity contribution in [3.8, 4) is 11.1 Å². The normalized spacial score (nSPS) is 14.9. The third-order valence-electron chi connectivity index (χ3n) is 7.46.